The normalized spacial score (nSPS) is 21.2. The van der Waals surface area contributed by atoms with E-state index in [9.17, 15) is 18.8 Å². The summed E-state index contributed by atoms with van der Waals surface area (Å²) in [6.07, 6.45) is 2.01. The summed E-state index contributed by atoms with van der Waals surface area (Å²) in [7, 11) is 0. The van der Waals surface area contributed by atoms with Crippen molar-refractivity contribution in [2.75, 3.05) is 13.1 Å². The first-order valence-corrected chi connectivity index (χ1v) is 8.66. The van der Waals surface area contributed by atoms with Gasteiger partial charge in [0, 0.05) is 19.5 Å². The molecule has 0 bridgehead atoms. The van der Waals surface area contributed by atoms with E-state index in [-0.39, 0.29) is 29.2 Å². The second-order valence-corrected chi connectivity index (χ2v) is 6.79. The van der Waals surface area contributed by atoms with Crippen molar-refractivity contribution in [3.8, 4) is 0 Å². The van der Waals surface area contributed by atoms with Crippen LogP contribution < -0.4 is 10.6 Å². The van der Waals surface area contributed by atoms with Crippen LogP contribution in [0.1, 0.15) is 37.2 Å². The molecular weight excluding hydrogens is 349 g/mol. The van der Waals surface area contributed by atoms with Crippen LogP contribution in [0.4, 0.5) is 9.18 Å². The molecule has 2 aliphatic rings. The molecule has 25 heavy (non-hydrogen) atoms. The van der Waals surface area contributed by atoms with Crippen molar-refractivity contribution in [2.24, 2.45) is 0 Å². The fraction of sp³-hybridized carbons (Fsp3) is 0.471. The van der Waals surface area contributed by atoms with Crippen molar-refractivity contribution in [3.63, 3.8) is 0 Å². The number of piperidine rings is 1. The average Bonchev–Trinajstić information content (AvgIpc) is 2.93. The molecule has 2 fully saturated rings. The van der Waals surface area contributed by atoms with Gasteiger partial charge in [0.25, 0.3) is 5.91 Å². The molecule has 2 heterocycles. The van der Waals surface area contributed by atoms with Crippen LogP contribution in [0.25, 0.3) is 0 Å². The van der Waals surface area contributed by atoms with Crippen molar-refractivity contribution >= 4 is 29.4 Å². The molecule has 0 spiro atoms. The molecular formula is C17H19ClFN3O3. The van der Waals surface area contributed by atoms with Gasteiger partial charge >= 0.3 is 6.03 Å². The minimum Gasteiger partial charge on any atom is -0.343 e. The Morgan fingerprint density at radius 2 is 2.00 bits per heavy atom. The van der Waals surface area contributed by atoms with Gasteiger partial charge in [0.1, 0.15) is 11.9 Å². The van der Waals surface area contributed by atoms with Gasteiger partial charge in [-0.3, -0.25) is 14.9 Å². The summed E-state index contributed by atoms with van der Waals surface area (Å²) in [4.78, 5) is 36.6. The van der Waals surface area contributed by atoms with Gasteiger partial charge in [-0.15, -0.1) is 0 Å². The zero-order chi connectivity index (χ0) is 18.0. The van der Waals surface area contributed by atoms with E-state index in [1.165, 1.54) is 6.07 Å². The third kappa shape index (κ3) is 4.10. The van der Waals surface area contributed by atoms with Gasteiger partial charge in [-0.2, -0.15) is 0 Å². The third-order valence-corrected chi connectivity index (χ3v) is 5.07. The summed E-state index contributed by atoms with van der Waals surface area (Å²) in [5.41, 5.74) is 0.902. The SMILES string of the molecule is O=C1NC(=O)C(CCC(=O)N2CCC(c3ccc(Cl)c(F)c3)CC2)N1. The second kappa shape index (κ2) is 7.39. The molecule has 2 aliphatic heterocycles. The molecule has 134 valence electrons. The van der Waals surface area contributed by atoms with E-state index in [0.29, 0.717) is 19.5 Å². The van der Waals surface area contributed by atoms with Crippen LogP contribution in [-0.4, -0.2) is 41.9 Å². The summed E-state index contributed by atoms with van der Waals surface area (Å²) in [6, 6.07) is 3.70. The first-order valence-electron chi connectivity index (χ1n) is 8.28. The number of halogens is 2. The number of nitrogens with one attached hydrogen (secondary N) is 2. The first-order chi connectivity index (χ1) is 11.9. The fourth-order valence-electron chi connectivity index (χ4n) is 3.32. The molecule has 2 saturated heterocycles. The Morgan fingerprint density at radius 3 is 2.60 bits per heavy atom. The number of hydrogen-bond acceptors (Lipinski definition) is 3. The van der Waals surface area contributed by atoms with Crippen LogP contribution in [0.3, 0.4) is 0 Å². The van der Waals surface area contributed by atoms with E-state index >= 15 is 0 Å². The van der Waals surface area contributed by atoms with E-state index in [0.717, 1.165) is 18.4 Å². The zero-order valence-electron chi connectivity index (χ0n) is 13.6. The van der Waals surface area contributed by atoms with Crippen LogP contribution in [0, 0.1) is 5.82 Å². The molecule has 4 amide bonds. The number of carbonyl (C=O) groups is 3. The first kappa shape index (κ1) is 17.7. The predicted molar refractivity (Wildman–Crippen MR) is 89.7 cm³/mol. The highest BCUT2D eigenvalue weighted by Gasteiger charge is 2.31. The second-order valence-electron chi connectivity index (χ2n) is 6.38. The molecule has 0 aromatic heterocycles. The van der Waals surface area contributed by atoms with Crippen molar-refractivity contribution in [1.29, 1.82) is 0 Å². The minimum absolute atomic E-state index is 0.0327. The van der Waals surface area contributed by atoms with E-state index in [2.05, 4.69) is 10.6 Å². The number of benzene rings is 1. The maximum Gasteiger partial charge on any atom is 0.322 e. The van der Waals surface area contributed by atoms with Gasteiger partial charge in [0.15, 0.2) is 0 Å². The van der Waals surface area contributed by atoms with Gasteiger partial charge in [0.2, 0.25) is 5.91 Å². The summed E-state index contributed by atoms with van der Waals surface area (Å²) < 4.78 is 13.6. The van der Waals surface area contributed by atoms with Crippen molar-refractivity contribution in [2.45, 2.75) is 37.6 Å². The molecule has 6 nitrogen and oxygen atoms in total. The summed E-state index contributed by atoms with van der Waals surface area (Å²) in [6.45, 7) is 1.19. The Bertz CT molecular complexity index is 704. The predicted octanol–water partition coefficient (Wildman–Crippen LogP) is 2.17. The largest absolute Gasteiger partial charge is 0.343 e. The van der Waals surface area contributed by atoms with E-state index < -0.39 is 17.9 Å². The Morgan fingerprint density at radius 1 is 1.28 bits per heavy atom. The molecule has 1 aromatic rings. The lowest BCUT2D eigenvalue weighted by atomic mass is 9.89. The van der Waals surface area contributed by atoms with Gasteiger partial charge in [-0.25, -0.2) is 9.18 Å². The van der Waals surface area contributed by atoms with Crippen LogP contribution in [-0.2, 0) is 9.59 Å². The number of likely N-dealkylation sites (tertiary alicyclic amines) is 1. The molecule has 2 N–H and O–H groups in total. The topological polar surface area (TPSA) is 78.5 Å². The number of hydrogen-bond donors (Lipinski definition) is 2. The highest BCUT2D eigenvalue weighted by atomic mass is 35.5. The Kier molecular flexibility index (Phi) is 5.22. The average molecular weight is 368 g/mol. The highest BCUT2D eigenvalue weighted by molar-refractivity contribution is 6.30. The lowest BCUT2D eigenvalue weighted by Gasteiger charge is -2.32. The maximum atomic E-state index is 13.6. The molecule has 0 saturated carbocycles. The van der Waals surface area contributed by atoms with Crippen LogP contribution in [0.5, 0.6) is 0 Å². The standard InChI is InChI=1S/C17H19ClFN3O3/c18-12-2-1-11(9-13(12)19)10-5-7-22(8-6-10)15(23)4-3-14-16(24)21-17(25)20-14/h1-2,9-10,14H,3-8H2,(H2,20,21,24,25). The van der Waals surface area contributed by atoms with Crippen molar-refractivity contribution in [1.82, 2.24) is 15.5 Å². The molecule has 1 atom stereocenters. The molecule has 3 rings (SSSR count). The fourth-order valence-corrected chi connectivity index (χ4v) is 3.43. The van der Waals surface area contributed by atoms with E-state index in [1.807, 2.05) is 6.07 Å². The van der Waals surface area contributed by atoms with Gasteiger partial charge in [-0.1, -0.05) is 17.7 Å². The lowest BCUT2D eigenvalue weighted by molar-refractivity contribution is -0.132. The van der Waals surface area contributed by atoms with Crippen molar-refractivity contribution in [3.05, 3.63) is 34.6 Å². The summed E-state index contributed by atoms with van der Waals surface area (Å²) in [5.74, 6) is -0.638. The minimum atomic E-state index is -0.633. The molecule has 0 radical (unpaired) electrons. The number of nitrogens with zero attached hydrogens (tertiary/aromatic N) is 1. The number of urea groups is 1. The third-order valence-electron chi connectivity index (χ3n) is 4.77. The molecule has 1 aromatic carbocycles. The molecule has 0 aliphatic carbocycles. The van der Waals surface area contributed by atoms with Crippen LogP contribution in [0.2, 0.25) is 5.02 Å². The van der Waals surface area contributed by atoms with Crippen LogP contribution in [0.15, 0.2) is 18.2 Å². The number of imide groups is 1. The van der Waals surface area contributed by atoms with E-state index in [4.69, 9.17) is 11.6 Å². The Balaban J connectivity index is 1.48. The number of carbonyl (C=O) groups excluding carboxylic acids is 3. The Labute approximate surface area is 149 Å². The zero-order valence-corrected chi connectivity index (χ0v) is 14.3. The Hall–Kier alpha value is -2.15. The summed E-state index contributed by atoms with van der Waals surface area (Å²) in [5, 5.41) is 4.74. The van der Waals surface area contributed by atoms with Gasteiger partial charge in [-0.05, 0) is 42.9 Å². The smallest absolute Gasteiger partial charge is 0.322 e. The summed E-state index contributed by atoms with van der Waals surface area (Å²) >= 11 is 5.71. The lowest BCUT2D eigenvalue weighted by Crippen LogP contribution is -2.39. The molecule has 1 unspecified atom stereocenters. The maximum absolute atomic E-state index is 13.6. The van der Waals surface area contributed by atoms with Gasteiger partial charge < -0.3 is 10.2 Å². The van der Waals surface area contributed by atoms with Crippen LogP contribution >= 0.6 is 11.6 Å². The van der Waals surface area contributed by atoms with Gasteiger partial charge in [0.05, 0.1) is 5.02 Å². The number of amides is 4. The van der Waals surface area contributed by atoms with E-state index in [1.54, 1.807) is 11.0 Å². The van der Waals surface area contributed by atoms with Crippen molar-refractivity contribution < 1.29 is 18.8 Å². The number of rotatable bonds is 4. The highest BCUT2D eigenvalue weighted by Crippen LogP contribution is 2.30. The monoisotopic (exact) mass is 367 g/mol. The quantitative estimate of drug-likeness (QED) is 0.800. The molecule has 8 heteroatoms.